The number of hydrogen-bond donors (Lipinski definition) is 0. The molecule has 90 valence electrons. The van der Waals surface area contributed by atoms with E-state index in [1.807, 2.05) is 20.0 Å². The van der Waals surface area contributed by atoms with Gasteiger partial charge in [0.2, 0.25) is 0 Å². The Bertz CT molecular complexity index is 613. The van der Waals surface area contributed by atoms with Gasteiger partial charge in [0, 0.05) is 18.8 Å². The standard InChI is InChI=1S/C12H14ClN3O/c1-8-5-4-6-16(12(8)17)7-10-11(13)9(2)14-15(10)3/h4-6H,7H2,1-3H3. The SMILES string of the molecule is Cc1nn(C)c(Cn2cccc(C)c2=O)c1Cl. The molecule has 0 radical (unpaired) electrons. The van der Waals surface area contributed by atoms with E-state index >= 15 is 0 Å². The van der Waals surface area contributed by atoms with Crippen molar-refractivity contribution in [2.24, 2.45) is 7.05 Å². The first kappa shape index (κ1) is 11.9. The molecule has 0 aromatic carbocycles. The minimum Gasteiger partial charge on any atom is -0.309 e. The smallest absolute Gasteiger partial charge is 0.253 e. The van der Waals surface area contributed by atoms with Gasteiger partial charge in [0.25, 0.3) is 5.56 Å². The van der Waals surface area contributed by atoms with Gasteiger partial charge in [0.15, 0.2) is 0 Å². The van der Waals surface area contributed by atoms with Gasteiger partial charge in [-0.15, -0.1) is 0 Å². The van der Waals surface area contributed by atoms with Crippen LogP contribution in [0.5, 0.6) is 0 Å². The van der Waals surface area contributed by atoms with Crippen LogP contribution in [0.25, 0.3) is 0 Å². The summed E-state index contributed by atoms with van der Waals surface area (Å²) in [5.74, 6) is 0. The predicted molar refractivity (Wildman–Crippen MR) is 67.5 cm³/mol. The van der Waals surface area contributed by atoms with Gasteiger partial charge in [0.1, 0.15) is 0 Å². The summed E-state index contributed by atoms with van der Waals surface area (Å²) in [5, 5.41) is 4.85. The Balaban J connectivity index is 2.45. The minimum atomic E-state index is 0.00224. The fourth-order valence-corrected chi connectivity index (χ4v) is 2.01. The average Bonchev–Trinajstić information content (AvgIpc) is 2.51. The molecule has 0 spiro atoms. The zero-order valence-electron chi connectivity index (χ0n) is 10.1. The van der Waals surface area contributed by atoms with Gasteiger partial charge < -0.3 is 4.57 Å². The zero-order chi connectivity index (χ0) is 12.6. The monoisotopic (exact) mass is 251 g/mol. The van der Waals surface area contributed by atoms with Crippen molar-refractivity contribution in [1.82, 2.24) is 14.3 Å². The lowest BCUT2D eigenvalue weighted by Gasteiger charge is -2.07. The molecule has 0 aliphatic heterocycles. The van der Waals surface area contributed by atoms with Crippen molar-refractivity contribution in [3.8, 4) is 0 Å². The summed E-state index contributed by atoms with van der Waals surface area (Å²) in [6, 6.07) is 3.66. The number of hydrogen-bond acceptors (Lipinski definition) is 2. The molecule has 0 fully saturated rings. The molecule has 2 aromatic rings. The first-order chi connectivity index (χ1) is 8.00. The summed E-state index contributed by atoms with van der Waals surface area (Å²) in [6.45, 7) is 4.09. The molecule has 0 unspecified atom stereocenters. The number of aromatic nitrogens is 3. The molecule has 5 heteroatoms. The van der Waals surface area contributed by atoms with Crippen LogP contribution in [-0.4, -0.2) is 14.3 Å². The first-order valence-corrected chi connectivity index (χ1v) is 5.72. The Morgan fingerprint density at radius 1 is 1.41 bits per heavy atom. The second-order valence-corrected chi connectivity index (χ2v) is 4.47. The summed E-state index contributed by atoms with van der Waals surface area (Å²) in [5.41, 5.74) is 2.35. The van der Waals surface area contributed by atoms with Crippen LogP contribution in [0.15, 0.2) is 23.1 Å². The van der Waals surface area contributed by atoms with Crippen molar-refractivity contribution in [1.29, 1.82) is 0 Å². The van der Waals surface area contributed by atoms with Crippen LogP contribution in [0.2, 0.25) is 5.02 Å². The average molecular weight is 252 g/mol. The van der Waals surface area contributed by atoms with Gasteiger partial charge in [0.05, 0.1) is 23.0 Å². The van der Waals surface area contributed by atoms with Crippen molar-refractivity contribution in [2.45, 2.75) is 20.4 Å². The lowest BCUT2D eigenvalue weighted by atomic mass is 10.3. The van der Waals surface area contributed by atoms with Gasteiger partial charge in [-0.05, 0) is 19.9 Å². The zero-order valence-corrected chi connectivity index (χ0v) is 10.8. The van der Waals surface area contributed by atoms with E-state index in [2.05, 4.69) is 5.10 Å². The van der Waals surface area contributed by atoms with Crippen molar-refractivity contribution < 1.29 is 0 Å². The Kier molecular flexibility index (Phi) is 3.07. The molecule has 2 aromatic heterocycles. The van der Waals surface area contributed by atoms with Crippen molar-refractivity contribution in [3.05, 3.63) is 50.7 Å². The summed E-state index contributed by atoms with van der Waals surface area (Å²) in [6.07, 6.45) is 1.76. The maximum Gasteiger partial charge on any atom is 0.253 e. The van der Waals surface area contributed by atoms with E-state index in [0.29, 0.717) is 11.6 Å². The van der Waals surface area contributed by atoms with Crippen LogP contribution in [0, 0.1) is 13.8 Å². The highest BCUT2D eigenvalue weighted by Crippen LogP contribution is 2.19. The van der Waals surface area contributed by atoms with E-state index in [0.717, 1.165) is 17.0 Å². The highest BCUT2D eigenvalue weighted by molar-refractivity contribution is 6.31. The van der Waals surface area contributed by atoms with Gasteiger partial charge >= 0.3 is 0 Å². The number of rotatable bonds is 2. The molecule has 0 saturated heterocycles. The van der Waals surface area contributed by atoms with Gasteiger partial charge in [-0.1, -0.05) is 17.7 Å². The van der Waals surface area contributed by atoms with E-state index < -0.39 is 0 Å². The van der Waals surface area contributed by atoms with Gasteiger partial charge in [-0.3, -0.25) is 9.48 Å². The maximum atomic E-state index is 11.9. The van der Waals surface area contributed by atoms with E-state index in [4.69, 9.17) is 11.6 Å². The Morgan fingerprint density at radius 3 is 2.71 bits per heavy atom. The topological polar surface area (TPSA) is 39.8 Å². The molecule has 2 heterocycles. The summed E-state index contributed by atoms with van der Waals surface area (Å²) in [4.78, 5) is 11.9. The fourth-order valence-electron chi connectivity index (χ4n) is 1.79. The maximum absolute atomic E-state index is 11.9. The predicted octanol–water partition coefficient (Wildman–Crippen LogP) is 1.90. The van der Waals surface area contributed by atoms with Crippen LogP contribution in [-0.2, 0) is 13.6 Å². The summed E-state index contributed by atoms with van der Waals surface area (Å²) >= 11 is 6.16. The van der Waals surface area contributed by atoms with Crippen molar-refractivity contribution in [3.63, 3.8) is 0 Å². The molecular weight excluding hydrogens is 238 g/mol. The molecule has 2 rings (SSSR count). The highest BCUT2D eigenvalue weighted by Gasteiger charge is 2.12. The fraction of sp³-hybridized carbons (Fsp3) is 0.333. The van der Waals surface area contributed by atoms with Crippen LogP contribution >= 0.6 is 11.6 Å². The Labute approximate surface area is 104 Å². The third kappa shape index (κ3) is 2.13. The lowest BCUT2D eigenvalue weighted by molar-refractivity contribution is 0.649. The quantitative estimate of drug-likeness (QED) is 0.818. The van der Waals surface area contributed by atoms with Crippen LogP contribution in [0.1, 0.15) is 17.0 Å². The number of pyridine rings is 1. The minimum absolute atomic E-state index is 0.00224. The number of aryl methyl sites for hydroxylation is 3. The van der Waals surface area contributed by atoms with Crippen LogP contribution < -0.4 is 5.56 Å². The molecular formula is C12H14ClN3O. The van der Waals surface area contributed by atoms with Crippen LogP contribution in [0.3, 0.4) is 0 Å². The Hall–Kier alpha value is -1.55. The molecule has 0 saturated carbocycles. The Morgan fingerprint density at radius 2 is 2.12 bits per heavy atom. The summed E-state index contributed by atoms with van der Waals surface area (Å²) < 4.78 is 3.35. The van der Waals surface area contributed by atoms with Gasteiger partial charge in [-0.25, -0.2) is 0 Å². The second-order valence-electron chi connectivity index (χ2n) is 4.09. The molecule has 0 atom stereocenters. The number of nitrogens with zero attached hydrogens (tertiary/aromatic N) is 3. The largest absolute Gasteiger partial charge is 0.309 e. The number of halogens is 1. The molecule has 0 aliphatic rings. The summed E-state index contributed by atoms with van der Waals surface area (Å²) in [7, 11) is 1.83. The van der Waals surface area contributed by atoms with Crippen molar-refractivity contribution in [2.75, 3.05) is 0 Å². The first-order valence-electron chi connectivity index (χ1n) is 5.34. The van der Waals surface area contributed by atoms with E-state index in [1.165, 1.54) is 0 Å². The molecule has 0 aliphatic carbocycles. The van der Waals surface area contributed by atoms with Crippen LogP contribution in [0.4, 0.5) is 0 Å². The normalized spacial score (nSPS) is 10.8. The van der Waals surface area contributed by atoms with E-state index in [1.54, 1.807) is 28.4 Å². The molecule has 0 amide bonds. The van der Waals surface area contributed by atoms with E-state index in [9.17, 15) is 4.79 Å². The second kappa shape index (κ2) is 4.37. The third-order valence-electron chi connectivity index (χ3n) is 2.79. The van der Waals surface area contributed by atoms with Crippen molar-refractivity contribution >= 4 is 11.6 Å². The molecule has 0 bridgehead atoms. The molecule has 17 heavy (non-hydrogen) atoms. The van der Waals surface area contributed by atoms with E-state index in [-0.39, 0.29) is 5.56 Å². The highest BCUT2D eigenvalue weighted by atomic mass is 35.5. The molecule has 0 N–H and O–H groups in total. The lowest BCUT2D eigenvalue weighted by Crippen LogP contribution is -2.22. The third-order valence-corrected chi connectivity index (χ3v) is 3.28. The van der Waals surface area contributed by atoms with Gasteiger partial charge in [-0.2, -0.15) is 5.10 Å². The molecule has 4 nitrogen and oxygen atoms in total.